The van der Waals surface area contributed by atoms with Crippen molar-refractivity contribution in [2.75, 3.05) is 0 Å². The van der Waals surface area contributed by atoms with Crippen LogP contribution in [0.1, 0.15) is 52.4 Å². The number of nitriles is 1. The Balaban J connectivity index is 2.69. The molecule has 2 rings (SSSR count). The van der Waals surface area contributed by atoms with Crippen LogP contribution in [0.15, 0.2) is 18.2 Å². The van der Waals surface area contributed by atoms with E-state index in [9.17, 15) is 0 Å². The van der Waals surface area contributed by atoms with Gasteiger partial charge in [0.1, 0.15) is 5.82 Å². The minimum atomic E-state index is 0.0424. The molecule has 3 heteroatoms. The molecule has 0 unspecified atom stereocenters. The van der Waals surface area contributed by atoms with Crippen LogP contribution in [0.25, 0.3) is 11.0 Å². The van der Waals surface area contributed by atoms with Gasteiger partial charge < -0.3 is 4.57 Å². The molecule has 0 spiro atoms. The fourth-order valence-electron chi connectivity index (χ4n) is 2.42. The molecule has 0 atom stereocenters. The molecular formula is C17H23N3. The van der Waals surface area contributed by atoms with Crippen molar-refractivity contribution in [1.82, 2.24) is 9.55 Å². The fourth-order valence-corrected chi connectivity index (χ4v) is 2.42. The van der Waals surface area contributed by atoms with Crippen LogP contribution >= 0.6 is 0 Å². The zero-order chi connectivity index (χ0) is 14.9. The van der Waals surface area contributed by atoms with Gasteiger partial charge in [0.05, 0.1) is 22.7 Å². The second-order valence-corrected chi connectivity index (χ2v) is 6.49. The summed E-state index contributed by atoms with van der Waals surface area (Å²) in [6.07, 6.45) is 1.04. The first-order chi connectivity index (χ1) is 9.39. The van der Waals surface area contributed by atoms with Crippen LogP contribution in [0, 0.1) is 17.2 Å². The van der Waals surface area contributed by atoms with Crippen LogP contribution in [-0.2, 0) is 12.0 Å². The number of aromatic nitrogens is 2. The number of hydrogen-bond donors (Lipinski definition) is 0. The van der Waals surface area contributed by atoms with Crippen molar-refractivity contribution < 1.29 is 0 Å². The minimum Gasteiger partial charge on any atom is -0.327 e. The van der Waals surface area contributed by atoms with E-state index in [1.807, 2.05) is 18.2 Å². The van der Waals surface area contributed by atoms with Crippen molar-refractivity contribution in [2.45, 2.75) is 53.0 Å². The van der Waals surface area contributed by atoms with E-state index in [2.05, 4.69) is 45.3 Å². The van der Waals surface area contributed by atoms with E-state index >= 15 is 0 Å². The van der Waals surface area contributed by atoms with Crippen molar-refractivity contribution in [1.29, 1.82) is 5.26 Å². The third-order valence-electron chi connectivity index (χ3n) is 3.91. The molecule has 0 aliphatic heterocycles. The SMILES string of the molecule is CCC(C)(C)c1nc2cc(C#N)ccc2n1CC(C)C. The van der Waals surface area contributed by atoms with Gasteiger partial charge in [0.2, 0.25) is 0 Å². The van der Waals surface area contributed by atoms with Crippen molar-refractivity contribution in [3.8, 4) is 6.07 Å². The van der Waals surface area contributed by atoms with Crippen molar-refractivity contribution in [2.24, 2.45) is 5.92 Å². The molecule has 3 nitrogen and oxygen atoms in total. The van der Waals surface area contributed by atoms with Gasteiger partial charge in [-0.2, -0.15) is 5.26 Å². The number of rotatable bonds is 4. The number of hydrogen-bond acceptors (Lipinski definition) is 2. The Hall–Kier alpha value is -1.82. The lowest BCUT2D eigenvalue weighted by Crippen LogP contribution is -2.23. The smallest absolute Gasteiger partial charge is 0.115 e. The molecule has 106 valence electrons. The molecule has 2 aromatic rings. The highest BCUT2D eigenvalue weighted by Crippen LogP contribution is 2.30. The Bertz CT molecular complexity index is 657. The zero-order valence-electron chi connectivity index (χ0n) is 13.1. The molecule has 0 saturated carbocycles. The topological polar surface area (TPSA) is 41.6 Å². The average molecular weight is 269 g/mol. The van der Waals surface area contributed by atoms with Gasteiger partial charge in [-0.05, 0) is 30.5 Å². The molecule has 1 aromatic carbocycles. The third kappa shape index (κ3) is 2.56. The predicted molar refractivity (Wildman–Crippen MR) is 82.6 cm³/mol. The largest absolute Gasteiger partial charge is 0.327 e. The number of imidazole rings is 1. The second kappa shape index (κ2) is 5.28. The summed E-state index contributed by atoms with van der Waals surface area (Å²) in [5.74, 6) is 1.69. The van der Waals surface area contributed by atoms with E-state index < -0.39 is 0 Å². The first-order valence-corrected chi connectivity index (χ1v) is 7.30. The summed E-state index contributed by atoms with van der Waals surface area (Å²) in [6, 6.07) is 7.99. The Morgan fingerprint density at radius 1 is 1.35 bits per heavy atom. The van der Waals surface area contributed by atoms with Crippen molar-refractivity contribution in [3.05, 3.63) is 29.6 Å². The van der Waals surface area contributed by atoms with Crippen LogP contribution in [-0.4, -0.2) is 9.55 Å². The Morgan fingerprint density at radius 3 is 2.60 bits per heavy atom. The van der Waals surface area contributed by atoms with Gasteiger partial charge in [-0.3, -0.25) is 0 Å². The molecule has 0 fully saturated rings. The summed E-state index contributed by atoms with van der Waals surface area (Å²) in [4.78, 5) is 4.83. The molecule has 1 aromatic heterocycles. The van der Waals surface area contributed by atoms with Crippen LogP contribution in [0.3, 0.4) is 0 Å². The molecule has 0 radical (unpaired) electrons. The maximum absolute atomic E-state index is 9.04. The first kappa shape index (κ1) is 14.6. The molecular weight excluding hydrogens is 246 g/mol. The van der Waals surface area contributed by atoms with E-state index in [1.165, 1.54) is 0 Å². The van der Waals surface area contributed by atoms with Gasteiger partial charge in [-0.1, -0.05) is 34.6 Å². The van der Waals surface area contributed by atoms with Crippen LogP contribution in [0.5, 0.6) is 0 Å². The highest BCUT2D eigenvalue weighted by atomic mass is 15.1. The zero-order valence-corrected chi connectivity index (χ0v) is 13.1. The maximum atomic E-state index is 9.04. The van der Waals surface area contributed by atoms with Crippen LogP contribution < -0.4 is 0 Å². The quantitative estimate of drug-likeness (QED) is 0.832. The predicted octanol–water partition coefficient (Wildman–Crippen LogP) is 4.25. The molecule has 1 heterocycles. The summed E-state index contributed by atoms with van der Waals surface area (Å²) < 4.78 is 2.32. The summed E-state index contributed by atoms with van der Waals surface area (Å²) in [6.45, 7) is 12.1. The molecule has 0 aliphatic carbocycles. The lowest BCUT2D eigenvalue weighted by atomic mass is 9.89. The number of fused-ring (bicyclic) bond motifs is 1. The van der Waals surface area contributed by atoms with Gasteiger partial charge >= 0.3 is 0 Å². The van der Waals surface area contributed by atoms with Crippen LogP contribution in [0.2, 0.25) is 0 Å². The van der Waals surface area contributed by atoms with Gasteiger partial charge in [0.15, 0.2) is 0 Å². The Morgan fingerprint density at radius 2 is 2.05 bits per heavy atom. The van der Waals surface area contributed by atoms with Gasteiger partial charge in [-0.15, -0.1) is 0 Å². The molecule has 0 bridgehead atoms. The lowest BCUT2D eigenvalue weighted by Gasteiger charge is -2.24. The average Bonchev–Trinajstić information content (AvgIpc) is 2.76. The summed E-state index contributed by atoms with van der Waals surface area (Å²) in [5, 5.41) is 9.04. The van der Waals surface area contributed by atoms with Gasteiger partial charge in [0.25, 0.3) is 0 Å². The minimum absolute atomic E-state index is 0.0424. The first-order valence-electron chi connectivity index (χ1n) is 7.30. The normalized spacial score (nSPS) is 12.1. The number of nitrogens with zero attached hydrogens (tertiary/aromatic N) is 3. The van der Waals surface area contributed by atoms with Crippen molar-refractivity contribution in [3.63, 3.8) is 0 Å². The van der Waals surface area contributed by atoms with Crippen LogP contribution in [0.4, 0.5) is 0 Å². The molecule has 0 aliphatic rings. The molecule has 0 amide bonds. The third-order valence-corrected chi connectivity index (χ3v) is 3.91. The Kier molecular flexibility index (Phi) is 3.85. The Labute approximate surface area is 121 Å². The van der Waals surface area contributed by atoms with E-state index in [0.717, 1.165) is 29.8 Å². The maximum Gasteiger partial charge on any atom is 0.115 e. The van der Waals surface area contributed by atoms with E-state index in [0.29, 0.717) is 11.5 Å². The highest BCUT2D eigenvalue weighted by molar-refractivity contribution is 5.78. The fraction of sp³-hybridized carbons (Fsp3) is 0.529. The number of benzene rings is 1. The molecule has 0 saturated heterocycles. The summed E-state index contributed by atoms with van der Waals surface area (Å²) >= 11 is 0. The van der Waals surface area contributed by atoms with E-state index in [4.69, 9.17) is 10.2 Å². The molecule has 0 N–H and O–H groups in total. The summed E-state index contributed by atoms with van der Waals surface area (Å²) in [5.41, 5.74) is 2.78. The van der Waals surface area contributed by atoms with Gasteiger partial charge in [-0.25, -0.2) is 4.98 Å². The summed E-state index contributed by atoms with van der Waals surface area (Å²) in [7, 11) is 0. The van der Waals surface area contributed by atoms with Gasteiger partial charge in [0, 0.05) is 12.0 Å². The van der Waals surface area contributed by atoms with Crippen molar-refractivity contribution >= 4 is 11.0 Å². The second-order valence-electron chi connectivity index (χ2n) is 6.49. The highest BCUT2D eigenvalue weighted by Gasteiger charge is 2.26. The molecule has 20 heavy (non-hydrogen) atoms. The monoisotopic (exact) mass is 269 g/mol. The lowest BCUT2D eigenvalue weighted by molar-refractivity contribution is 0.423. The van der Waals surface area contributed by atoms with E-state index in [1.54, 1.807) is 0 Å². The standard InChI is InChI=1S/C17H23N3/c1-6-17(4,5)16-19-14-9-13(10-18)7-8-15(14)20(16)11-12(2)3/h7-9,12H,6,11H2,1-5H3. The van der Waals surface area contributed by atoms with E-state index in [-0.39, 0.29) is 5.41 Å².